The third-order valence-corrected chi connectivity index (χ3v) is 2.48. The first-order valence-corrected chi connectivity index (χ1v) is 5.49. The fourth-order valence-corrected chi connectivity index (χ4v) is 1.74. The fraction of sp³-hybridized carbons (Fsp3) is 0.250. The van der Waals surface area contributed by atoms with Gasteiger partial charge in [0, 0.05) is 6.92 Å². The molecule has 0 aromatic heterocycles. The van der Waals surface area contributed by atoms with Crippen molar-refractivity contribution in [1.29, 1.82) is 0 Å². The summed E-state index contributed by atoms with van der Waals surface area (Å²) < 4.78 is 10.1. The number of primary amides is 2. The van der Waals surface area contributed by atoms with Gasteiger partial charge in [-0.3, -0.25) is 14.4 Å². The Balaban J connectivity index is 3.77. The molecule has 0 bridgehead atoms. The van der Waals surface area contributed by atoms with Crippen LogP contribution in [0.15, 0.2) is 6.07 Å². The molecule has 0 saturated carbocycles. The molecule has 0 aliphatic rings. The molecule has 3 amide bonds. The van der Waals surface area contributed by atoms with Gasteiger partial charge in [-0.05, 0) is 6.07 Å². The van der Waals surface area contributed by atoms with E-state index in [1.807, 2.05) is 0 Å². The first kappa shape index (κ1) is 15.3. The van der Waals surface area contributed by atoms with Crippen molar-refractivity contribution < 1.29 is 23.9 Å². The molecule has 0 spiro atoms. The molecule has 8 heteroatoms. The lowest BCUT2D eigenvalue weighted by Crippen LogP contribution is -2.21. The average Bonchev–Trinajstić information content (AvgIpc) is 2.35. The van der Waals surface area contributed by atoms with Crippen molar-refractivity contribution in [3.63, 3.8) is 0 Å². The Morgan fingerprint density at radius 2 is 1.70 bits per heavy atom. The zero-order valence-electron chi connectivity index (χ0n) is 11.3. The van der Waals surface area contributed by atoms with Gasteiger partial charge in [-0.15, -0.1) is 0 Å². The SMILES string of the molecule is COc1cc(C(N)=O)c(OC)c(NC(C)=O)c1C(N)=O. The third kappa shape index (κ3) is 2.79. The monoisotopic (exact) mass is 281 g/mol. The van der Waals surface area contributed by atoms with Gasteiger partial charge in [0.15, 0.2) is 5.75 Å². The number of methoxy groups -OCH3 is 2. The molecule has 0 aliphatic heterocycles. The van der Waals surface area contributed by atoms with Crippen LogP contribution in [-0.4, -0.2) is 31.9 Å². The quantitative estimate of drug-likeness (QED) is 0.690. The summed E-state index contributed by atoms with van der Waals surface area (Å²) in [4.78, 5) is 34.2. The molecular weight excluding hydrogens is 266 g/mol. The number of nitrogens with two attached hydrogens (primary N) is 2. The van der Waals surface area contributed by atoms with E-state index in [-0.39, 0.29) is 28.3 Å². The topological polar surface area (TPSA) is 134 Å². The molecule has 0 atom stereocenters. The summed E-state index contributed by atoms with van der Waals surface area (Å²) in [7, 11) is 2.56. The van der Waals surface area contributed by atoms with Crippen molar-refractivity contribution >= 4 is 23.4 Å². The first-order valence-electron chi connectivity index (χ1n) is 5.49. The van der Waals surface area contributed by atoms with Gasteiger partial charge < -0.3 is 26.3 Å². The molecule has 0 radical (unpaired) electrons. The molecule has 5 N–H and O–H groups in total. The van der Waals surface area contributed by atoms with Crippen molar-refractivity contribution in [3.05, 3.63) is 17.2 Å². The highest BCUT2D eigenvalue weighted by Gasteiger charge is 2.25. The van der Waals surface area contributed by atoms with Crippen LogP contribution in [0.2, 0.25) is 0 Å². The standard InChI is InChI=1S/C12H15N3O5/c1-5(16)15-9-8(12(14)18)7(19-2)4-6(11(13)17)10(9)20-3/h4H,1-3H3,(H2,13,17)(H2,14,18)(H,15,16). The van der Waals surface area contributed by atoms with Crippen LogP contribution >= 0.6 is 0 Å². The van der Waals surface area contributed by atoms with Crippen LogP contribution in [0.5, 0.6) is 11.5 Å². The molecule has 0 heterocycles. The van der Waals surface area contributed by atoms with E-state index in [9.17, 15) is 14.4 Å². The minimum Gasteiger partial charge on any atom is -0.496 e. The molecule has 0 saturated heterocycles. The van der Waals surface area contributed by atoms with Crippen molar-refractivity contribution in [2.75, 3.05) is 19.5 Å². The zero-order valence-corrected chi connectivity index (χ0v) is 11.3. The number of benzene rings is 1. The van der Waals surface area contributed by atoms with E-state index in [4.69, 9.17) is 20.9 Å². The third-order valence-electron chi connectivity index (χ3n) is 2.48. The normalized spacial score (nSPS) is 9.75. The van der Waals surface area contributed by atoms with Gasteiger partial charge in [0.2, 0.25) is 5.91 Å². The van der Waals surface area contributed by atoms with Gasteiger partial charge in [0.05, 0.1) is 19.8 Å². The van der Waals surface area contributed by atoms with Crippen LogP contribution in [0.25, 0.3) is 0 Å². The number of ether oxygens (including phenoxy) is 2. The summed E-state index contributed by atoms with van der Waals surface area (Å²) in [6.45, 7) is 1.23. The summed E-state index contributed by atoms with van der Waals surface area (Å²) in [5.74, 6) is -2.17. The summed E-state index contributed by atoms with van der Waals surface area (Å²) in [5, 5.41) is 2.39. The Hall–Kier alpha value is -2.77. The Kier molecular flexibility index (Phi) is 4.52. The number of nitrogens with one attached hydrogen (secondary N) is 1. The Morgan fingerprint density at radius 1 is 1.10 bits per heavy atom. The maximum atomic E-state index is 11.6. The van der Waals surface area contributed by atoms with E-state index in [0.29, 0.717) is 0 Å². The number of hydrogen-bond donors (Lipinski definition) is 3. The summed E-state index contributed by atoms with van der Waals surface area (Å²) in [6.07, 6.45) is 0. The number of carbonyl (C=O) groups excluding carboxylic acids is 3. The van der Waals surface area contributed by atoms with E-state index >= 15 is 0 Å². The van der Waals surface area contributed by atoms with Crippen molar-refractivity contribution in [3.8, 4) is 11.5 Å². The van der Waals surface area contributed by atoms with E-state index < -0.39 is 17.7 Å². The van der Waals surface area contributed by atoms with Crippen LogP contribution in [0, 0.1) is 0 Å². The number of carbonyl (C=O) groups is 3. The maximum Gasteiger partial charge on any atom is 0.254 e. The van der Waals surface area contributed by atoms with E-state index in [1.54, 1.807) is 0 Å². The van der Waals surface area contributed by atoms with Crippen molar-refractivity contribution in [2.24, 2.45) is 11.5 Å². The van der Waals surface area contributed by atoms with E-state index in [0.717, 1.165) is 0 Å². The van der Waals surface area contributed by atoms with E-state index in [1.165, 1.54) is 27.2 Å². The zero-order chi connectivity index (χ0) is 15.4. The number of hydrogen-bond acceptors (Lipinski definition) is 5. The van der Waals surface area contributed by atoms with Crippen LogP contribution in [0.4, 0.5) is 5.69 Å². The second-order valence-electron chi connectivity index (χ2n) is 3.82. The van der Waals surface area contributed by atoms with Gasteiger partial charge in [-0.25, -0.2) is 0 Å². The van der Waals surface area contributed by atoms with Crippen LogP contribution < -0.4 is 26.3 Å². The molecule has 108 valence electrons. The summed E-state index contributed by atoms with van der Waals surface area (Å²) >= 11 is 0. The van der Waals surface area contributed by atoms with Crippen molar-refractivity contribution in [1.82, 2.24) is 0 Å². The molecule has 1 rings (SSSR count). The Bertz CT molecular complexity index is 583. The average molecular weight is 281 g/mol. The van der Waals surface area contributed by atoms with Gasteiger partial charge >= 0.3 is 0 Å². The Labute approximate surface area is 115 Å². The molecule has 0 aliphatic carbocycles. The molecule has 1 aromatic rings. The lowest BCUT2D eigenvalue weighted by molar-refractivity contribution is -0.114. The molecule has 1 aromatic carbocycles. The second kappa shape index (κ2) is 5.91. The lowest BCUT2D eigenvalue weighted by atomic mass is 10.0. The molecule has 0 unspecified atom stereocenters. The second-order valence-corrected chi connectivity index (χ2v) is 3.82. The fourth-order valence-electron chi connectivity index (χ4n) is 1.74. The number of rotatable bonds is 5. The molecular formula is C12H15N3O5. The van der Waals surface area contributed by atoms with Gasteiger partial charge in [-0.2, -0.15) is 0 Å². The highest BCUT2D eigenvalue weighted by atomic mass is 16.5. The summed E-state index contributed by atoms with van der Waals surface area (Å²) in [6, 6.07) is 1.23. The minimum absolute atomic E-state index is 0.0100. The van der Waals surface area contributed by atoms with Crippen molar-refractivity contribution in [2.45, 2.75) is 6.92 Å². The lowest BCUT2D eigenvalue weighted by Gasteiger charge is -2.18. The number of anilines is 1. The smallest absolute Gasteiger partial charge is 0.254 e. The number of amides is 3. The summed E-state index contributed by atoms with van der Waals surface area (Å²) in [5.41, 5.74) is 10.3. The predicted molar refractivity (Wildman–Crippen MR) is 70.9 cm³/mol. The predicted octanol–water partition coefficient (Wildman–Crippen LogP) is -0.140. The van der Waals surface area contributed by atoms with Crippen LogP contribution in [0.3, 0.4) is 0 Å². The Morgan fingerprint density at radius 3 is 2.05 bits per heavy atom. The highest BCUT2D eigenvalue weighted by molar-refractivity contribution is 6.10. The minimum atomic E-state index is -0.847. The maximum absolute atomic E-state index is 11.6. The van der Waals surface area contributed by atoms with Crippen LogP contribution in [0.1, 0.15) is 27.6 Å². The van der Waals surface area contributed by atoms with Gasteiger partial charge in [-0.1, -0.05) is 0 Å². The first-order chi connectivity index (χ1) is 9.33. The molecule has 20 heavy (non-hydrogen) atoms. The van der Waals surface area contributed by atoms with Gasteiger partial charge in [0.25, 0.3) is 11.8 Å². The highest BCUT2D eigenvalue weighted by Crippen LogP contribution is 2.38. The van der Waals surface area contributed by atoms with Gasteiger partial charge in [0.1, 0.15) is 17.0 Å². The molecule has 0 fully saturated rings. The van der Waals surface area contributed by atoms with Crippen LogP contribution in [-0.2, 0) is 4.79 Å². The largest absolute Gasteiger partial charge is 0.496 e. The van der Waals surface area contributed by atoms with E-state index in [2.05, 4.69) is 5.32 Å². The molecule has 8 nitrogen and oxygen atoms in total.